The van der Waals surface area contributed by atoms with Gasteiger partial charge in [0.2, 0.25) is 0 Å². The molecule has 1 aromatic carbocycles. The van der Waals surface area contributed by atoms with Gasteiger partial charge >= 0.3 is 5.97 Å². The van der Waals surface area contributed by atoms with Crippen LogP contribution in [0.3, 0.4) is 0 Å². The number of carboxylic acid groups (broad SMARTS) is 1. The fourth-order valence-electron chi connectivity index (χ4n) is 1.35. The molecule has 1 heterocycles. The van der Waals surface area contributed by atoms with Crippen molar-refractivity contribution in [2.45, 2.75) is 6.61 Å². The highest BCUT2D eigenvalue weighted by Gasteiger charge is 2.15. The summed E-state index contributed by atoms with van der Waals surface area (Å²) in [7, 11) is 0. The molecule has 0 aliphatic carbocycles. The number of carbonyl (C=O) groups is 1. The Kier molecular flexibility index (Phi) is 3.25. The molecule has 0 amide bonds. The van der Waals surface area contributed by atoms with Crippen LogP contribution < -0.4 is 4.74 Å². The Bertz CT molecular complexity index is 613. The third-order valence-electron chi connectivity index (χ3n) is 2.21. The van der Waals surface area contributed by atoms with Gasteiger partial charge in [-0.15, -0.1) is 0 Å². The Balaban J connectivity index is 2.09. The van der Waals surface area contributed by atoms with Crippen molar-refractivity contribution in [3.63, 3.8) is 0 Å². The van der Waals surface area contributed by atoms with Gasteiger partial charge in [0.25, 0.3) is 0 Å². The highest BCUT2D eigenvalue weighted by Crippen LogP contribution is 2.16. The lowest BCUT2D eigenvalue weighted by atomic mass is 10.2. The van der Waals surface area contributed by atoms with Crippen molar-refractivity contribution in [1.29, 1.82) is 5.26 Å². The Labute approximate surface area is 102 Å². The van der Waals surface area contributed by atoms with Crippen molar-refractivity contribution in [1.82, 2.24) is 5.16 Å². The molecule has 0 radical (unpaired) electrons. The third-order valence-corrected chi connectivity index (χ3v) is 2.21. The van der Waals surface area contributed by atoms with E-state index in [9.17, 15) is 4.79 Å². The standard InChI is InChI=1S/C12H8N2O4/c13-5-8-2-1-3-9(4-8)17-7-11-10(12(15)16)6-14-18-11/h1-4,6H,7H2,(H,15,16). The molecule has 6 nitrogen and oxygen atoms in total. The molecule has 0 bridgehead atoms. The zero-order valence-corrected chi connectivity index (χ0v) is 9.16. The quantitative estimate of drug-likeness (QED) is 0.881. The molecule has 0 aliphatic rings. The largest absolute Gasteiger partial charge is 0.485 e. The Hall–Kier alpha value is -2.81. The van der Waals surface area contributed by atoms with Crippen LogP contribution in [0.1, 0.15) is 21.7 Å². The summed E-state index contributed by atoms with van der Waals surface area (Å²) < 4.78 is 10.1. The summed E-state index contributed by atoms with van der Waals surface area (Å²) in [5.41, 5.74) is 0.426. The van der Waals surface area contributed by atoms with E-state index >= 15 is 0 Å². The van der Waals surface area contributed by atoms with Crippen molar-refractivity contribution in [2.75, 3.05) is 0 Å². The van der Waals surface area contributed by atoms with Crippen molar-refractivity contribution >= 4 is 5.97 Å². The molecule has 0 atom stereocenters. The molecule has 0 saturated heterocycles. The highest BCUT2D eigenvalue weighted by atomic mass is 16.5. The first-order valence-corrected chi connectivity index (χ1v) is 5.00. The van der Waals surface area contributed by atoms with Gasteiger partial charge in [-0.1, -0.05) is 11.2 Å². The second-order valence-corrected chi connectivity index (χ2v) is 3.40. The van der Waals surface area contributed by atoms with Crippen molar-refractivity contribution in [3.8, 4) is 11.8 Å². The van der Waals surface area contributed by atoms with E-state index in [1.807, 2.05) is 6.07 Å². The van der Waals surface area contributed by atoms with E-state index < -0.39 is 5.97 Å². The number of nitriles is 1. The van der Waals surface area contributed by atoms with Gasteiger partial charge in [-0.3, -0.25) is 0 Å². The normalized spacial score (nSPS) is 9.72. The van der Waals surface area contributed by atoms with Crippen LogP contribution in [0.25, 0.3) is 0 Å². The minimum atomic E-state index is -1.12. The lowest BCUT2D eigenvalue weighted by Gasteiger charge is -2.04. The summed E-state index contributed by atoms with van der Waals surface area (Å²) in [5.74, 6) is -0.535. The van der Waals surface area contributed by atoms with E-state index in [-0.39, 0.29) is 17.9 Å². The number of hydrogen-bond donors (Lipinski definition) is 1. The van der Waals surface area contributed by atoms with Gasteiger partial charge < -0.3 is 14.4 Å². The number of benzene rings is 1. The first-order chi connectivity index (χ1) is 8.70. The molecule has 1 N–H and O–H groups in total. The van der Waals surface area contributed by atoms with Crippen LogP contribution in [0.5, 0.6) is 5.75 Å². The van der Waals surface area contributed by atoms with E-state index in [0.717, 1.165) is 6.20 Å². The second-order valence-electron chi connectivity index (χ2n) is 3.40. The molecule has 1 aromatic heterocycles. The van der Waals surface area contributed by atoms with Gasteiger partial charge in [0.05, 0.1) is 17.8 Å². The second kappa shape index (κ2) is 5.01. The topological polar surface area (TPSA) is 96.4 Å². The lowest BCUT2D eigenvalue weighted by Crippen LogP contribution is -2.02. The van der Waals surface area contributed by atoms with Crippen molar-refractivity contribution < 1.29 is 19.2 Å². The minimum absolute atomic E-state index is 0.0357. The molecule has 0 fully saturated rings. The first kappa shape index (κ1) is 11.7. The van der Waals surface area contributed by atoms with E-state index in [0.29, 0.717) is 11.3 Å². The molecule has 2 aromatic rings. The smallest absolute Gasteiger partial charge is 0.341 e. The van der Waals surface area contributed by atoms with Gasteiger partial charge in [0, 0.05) is 0 Å². The molecular formula is C12H8N2O4. The molecule has 6 heteroatoms. The summed E-state index contributed by atoms with van der Waals surface area (Å²) >= 11 is 0. The average molecular weight is 244 g/mol. The van der Waals surface area contributed by atoms with Crippen LogP contribution in [0.2, 0.25) is 0 Å². The minimum Gasteiger partial charge on any atom is -0.485 e. The van der Waals surface area contributed by atoms with Gasteiger partial charge in [-0.2, -0.15) is 5.26 Å². The van der Waals surface area contributed by atoms with Gasteiger partial charge in [-0.05, 0) is 18.2 Å². The lowest BCUT2D eigenvalue weighted by molar-refractivity contribution is 0.0691. The molecule has 0 aliphatic heterocycles. The number of aromatic nitrogens is 1. The predicted octanol–water partition coefficient (Wildman–Crippen LogP) is 1.82. The van der Waals surface area contributed by atoms with Gasteiger partial charge in [-0.25, -0.2) is 4.79 Å². The predicted molar refractivity (Wildman–Crippen MR) is 59.0 cm³/mol. The van der Waals surface area contributed by atoms with Crippen LogP contribution in [0.4, 0.5) is 0 Å². The number of hydrogen-bond acceptors (Lipinski definition) is 5. The summed E-state index contributed by atoms with van der Waals surface area (Å²) in [4.78, 5) is 10.8. The SMILES string of the molecule is N#Cc1cccc(OCc2oncc2C(=O)O)c1. The zero-order valence-electron chi connectivity index (χ0n) is 9.16. The molecule has 90 valence electrons. The van der Waals surface area contributed by atoms with E-state index in [2.05, 4.69) is 5.16 Å². The van der Waals surface area contributed by atoms with Crippen LogP contribution in [-0.2, 0) is 6.61 Å². The van der Waals surface area contributed by atoms with Crippen molar-refractivity contribution in [3.05, 3.63) is 47.3 Å². The van der Waals surface area contributed by atoms with Crippen LogP contribution >= 0.6 is 0 Å². The summed E-state index contributed by atoms with van der Waals surface area (Å²) in [5, 5.41) is 21.0. The molecule has 0 spiro atoms. The van der Waals surface area contributed by atoms with E-state index in [1.54, 1.807) is 24.3 Å². The summed E-state index contributed by atoms with van der Waals surface area (Å²) in [6, 6.07) is 8.51. The number of ether oxygens (including phenoxy) is 1. The van der Waals surface area contributed by atoms with Crippen LogP contribution in [0.15, 0.2) is 35.0 Å². The highest BCUT2D eigenvalue weighted by molar-refractivity contribution is 5.88. The maximum absolute atomic E-state index is 10.8. The monoisotopic (exact) mass is 244 g/mol. The summed E-state index contributed by atoms with van der Waals surface area (Å²) in [6.07, 6.45) is 1.12. The van der Waals surface area contributed by atoms with Gasteiger partial charge in [0.15, 0.2) is 5.76 Å². The molecule has 2 rings (SSSR count). The first-order valence-electron chi connectivity index (χ1n) is 5.00. The average Bonchev–Trinajstić information content (AvgIpc) is 2.85. The maximum Gasteiger partial charge on any atom is 0.341 e. The maximum atomic E-state index is 10.8. The fraction of sp³-hybridized carbons (Fsp3) is 0.0833. The Morgan fingerprint density at radius 3 is 3.11 bits per heavy atom. The molecule has 0 saturated carbocycles. The Morgan fingerprint density at radius 2 is 2.39 bits per heavy atom. The number of aromatic carboxylic acids is 1. The molecule has 0 unspecified atom stereocenters. The zero-order chi connectivity index (χ0) is 13.0. The van der Waals surface area contributed by atoms with Gasteiger partial charge in [0.1, 0.15) is 17.9 Å². The summed E-state index contributed by atoms with van der Waals surface area (Å²) in [6.45, 7) is -0.0590. The van der Waals surface area contributed by atoms with E-state index in [1.165, 1.54) is 0 Å². The van der Waals surface area contributed by atoms with Crippen LogP contribution in [-0.4, -0.2) is 16.2 Å². The van der Waals surface area contributed by atoms with Crippen molar-refractivity contribution in [2.24, 2.45) is 0 Å². The molecular weight excluding hydrogens is 236 g/mol. The Morgan fingerprint density at radius 1 is 1.56 bits per heavy atom. The number of rotatable bonds is 4. The van der Waals surface area contributed by atoms with Crippen LogP contribution in [0, 0.1) is 11.3 Å². The molecule has 18 heavy (non-hydrogen) atoms. The fourth-order valence-corrected chi connectivity index (χ4v) is 1.35. The number of nitrogens with zero attached hydrogens (tertiary/aromatic N) is 2. The number of carboxylic acids is 1. The van der Waals surface area contributed by atoms with E-state index in [4.69, 9.17) is 19.6 Å². The third kappa shape index (κ3) is 2.47.